The first kappa shape index (κ1) is 19.7. The molecule has 1 fully saturated rings. The average Bonchev–Trinajstić information content (AvgIpc) is 2.90. The highest BCUT2D eigenvalue weighted by Gasteiger charge is 2.16. The number of guanidine groups is 1. The summed E-state index contributed by atoms with van der Waals surface area (Å²) in [5.74, 6) is 0.411. The largest absolute Gasteiger partial charge is 0.370 e. The van der Waals surface area contributed by atoms with E-state index in [1.165, 1.54) is 24.0 Å². The second-order valence-corrected chi connectivity index (χ2v) is 6.07. The molecule has 4 N–H and O–H groups in total. The first-order valence-corrected chi connectivity index (χ1v) is 7.97. The highest BCUT2D eigenvalue weighted by Crippen LogP contribution is 2.17. The maximum Gasteiger partial charge on any atom is 0.222 e. The fourth-order valence-electron chi connectivity index (χ4n) is 2.88. The van der Waals surface area contributed by atoms with Gasteiger partial charge in [-0.3, -0.25) is 9.79 Å². The summed E-state index contributed by atoms with van der Waals surface area (Å²) in [5, 5.41) is 6.11. The molecule has 0 unspecified atom stereocenters. The van der Waals surface area contributed by atoms with Crippen LogP contribution >= 0.6 is 24.0 Å². The van der Waals surface area contributed by atoms with Gasteiger partial charge in [-0.2, -0.15) is 0 Å². The van der Waals surface area contributed by atoms with Gasteiger partial charge >= 0.3 is 0 Å². The van der Waals surface area contributed by atoms with Crippen molar-refractivity contribution in [3.63, 3.8) is 0 Å². The molecule has 1 amide bonds. The summed E-state index contributed by atoms with van der Waals surface area (Å²) in [4.78, 5) is 16.0. The maximum absolute atomic E-state index is 11.8. The molecule has 1 aromatic rings. The van der Waals surface area contributed by atoms with Gasteiger partial charge in [-0.1, -0.05) is 18.9 Å². The Labute approximate surface area is 155 Å². The number of nitrogens with zero attached hydrogens (tertiary/aromatic N) is 1. The van der Waals surface area contributed by atoms with Gasteiger partial charge in [0.25, 0.3) is 0 Å². The molecule has 0 bridgehead atoms. The van der Waals surface area contributed by atoms with Gasteiger partial charge in [-0.25, -0.2) is 0 Å². The van der Waals surface area contributed by atoms with Crippen LogP contribution in [0.4, 0.5) is 5.69 Å². The predicted octanol–water partition coefficient (Wildman–Crippen LogP) is 3.10. The molecular weight excluding hydrogens is 403 g/mol. The molecule has 1 saturated carbocycles. The third-order valence-electron chi connectivity index (χ3n) is 3.84. The number of carbonyl (C=O) groups excluding carboxylic acids is 1. The molecule has 0 aromatic heterocycles. The van der Waals surface area contributed by atoms with Crippen molar-refractivity contribution in [2.24, 2.45) is 10.7 Å². The molecule has 0 spiro atoms. The Kier molecular flexibility index (Phi) is 8.36. The topological polar surface area (TPSA) is 79.5 Å². The number of benzene rings is 1. The number of hydrogen-bond acceptors (Lipinski definition) is 2. The second-order valence-electron chi connectivity index (χ2n) is 6.07. The number of halogens is 1. The standard InChI is InChI=1S/C17H26N4O.HI/c1-12-9-13(2)11-15(10-12)21-17(18)19-8-7-16(22)20-14-5-3-4-6-14;/h9-11,14H,3-8H2,1-2H3,(H,20,22)(H3,18,19,21);1H. The van der Waals surface area contributed by atoms with Gasteiger partial charge in [0.15, 0.2) is 5.96 Å². The van der Waals surface area contributed by atoms with Gasteiger partial charge in [-0.15, -0.1) is 24.0 Å². The summed E-state index contributed by atoms with van der Waals surface area (Å²) in [6.07, 6.45) is 5.02. The molecule has 6 heteroatoms. The Bertz CT molecular complexity index is 533. The number of rotatable bonds is 5. The van der Waals surface area contributed by atoms with Crippen LogP contribution in [0.3, 0.4) is 0 Å². The highest BCUT2D eigenvalue weighted by atomic mass is 127. The van der Waals surface area contributed by atoms with Gasteiger partial charge in [0.1, 0.15) is 0 Å². The predicted molar refractivity (Wildman–Crippen MR) is 106 cm³/mol. The number of hydrogen-bond donors (Lipinski definition) is 3. The van der Waals surface area contributed by atoms with E-state index in [1.807, 2.05) is 26.0 Å². The number of aliphatic imine (C=N–C) groups is 1. The van der Waals surface area contributed by atoms with E-state index in [-0.39, 0.29) is 29.9 Å². The average molecular weight is 430 g/mol. The molecule has 1 aromatic carbocycles. The number of nitrogens with two attached hydrogens (primary N) is 1. The SMILES string of the molecule is Cc1cc(C)cc(NC(N)=NCCC(=O)NC2CCCC2)c1.I. The minimum atomic E-state index is 0. The quantitative estimate of drug-likeness (QED) is 0.382. The molecule has 0 heterocycles. The Morgan fingerprint density at radius 2 is 1.83 bits per heavy atom. The van der Waals surface area contributed by atoms with E-state index in [9.17, 15) is 4.79 Å². The van der Waals surface area contributed by atoms with Gasteiger partial charge in [-0.05, 0) is 49.9 Å². The van der Waals surface area contributed by atoms with Gasteiger partial charge in [0, 0.05) is 18.2 Å². The van der Waals surface area contributed by atoms with Crippen LogP contribution < -0.4 is 16.4 Å². The van der Waals surface area contributed by atoms with E-state index >= 15 is 0 Å². The molecule has 1 aliphatic carbocycles. The zero-order valence-corrected chi connectivity index (χ0v) is 16.2. The first-order chi connectivity index (χ1) is 10.5. The molecule has 0 radical (unpaired) electrons. The summed E-state index contributed by atoms with van der Waals surface area (Å²) >= 11 is 0. The Morgan fingerprint density at radius 3 is 2.43 bits per heavy atom. The molecule has 5 nitrogen and oxygen atoms in total. The molecular formula is C17H27IN4O. The lowest BCUT2D eigenvalue weighted by Gasteiger charge is -2.11. The molecule has 23 heavy (non-hydrogen) atoms. The van der Waals surface area contributed by atoms with Crippen molar-refractivity contribution in [3.8, 4) is 0 Å². The monoisotopic (exact) mass is 430 g/mol. The fourth-order valence-corrected chi connectivity index (χ4v) is 2.88. The van der Waals surface area contributed by atoms with Crippen LogP contribution in [0.5, 0.6) is 0 Å². The van der Waals surface area contributed by atoms with Crippen LogP contribution in [-0.4, -0.2) is 24.5 Å². The van der Waals surface area contributed by atoms with Crippen molar-refractivity contribution in [3.05, 3.63) is 29.3 Å². The normalized spacial score (nSPS) is 15.1. The fraction of sp³-hybridized carbons (Fsp3) is 0.529. The summed E-state index contributed by atoms with van der Waals surface area (Å²) in [6, 6.07) is 6.50. The van der Waals surface area contributed by atoms with Gasteiger partial charge in [0.05, 0.1) is 6.54 Å². The summed E-state index contributed by atoms with van der Waals surface area (Å²) in [7, 11) is 0. The molecule has 0 saturated heterocycles. The lowest BCUT2D eigenvalue weighted by Crippen LogP contribution is -2.33. The summed E-state index contributed by atoms with van der Waals surface area (Å²) < 4.78 is 0. The van der Waals surface area contributed by atoms with Crippen molar-refractivity contribution < 1.29 is 4.79 Å². The lowest BCUT2D eigenvalue weighted by molar-refractivity contribution is -0.121. The van der Waals surface area contributed by atoms with E-state index in [0.29, 0.717) is 25.0 Å². The Balaban J connectivity index is 0.00000264. The molecule has 0 atom stereocenters. The number of nitrogens with one attached hydrogen (secondary N) is 2. The maximum atomic E-state index is 11.8. The van der Waals surface area contributed by atoms with Gasteiger partial charge < -0.3 is 16.4 Å². The van der Waals surface area contributed by atoms with E-state index in [4.69, 9.17) is 5.73 Å². The van der Waals surface area contributed by atoms with E-state index in [1.54, 1.807) is 0 Å². The Hall–Kier alpha value is -1.31. The molecule has 128 valence electrons. The second kappa shape index (κ2) is 9.75. The third kappa shape index (κ3) is 7.20. The van der Waals surface area contributed by atoms with Crippen LogP contribution in [0.2, 0.25) is 0 Å². The zero-order valence-electron chi connectivity index (χ0n) is 13.9. The third-order valence-corrected chi connectivity index (χ3v) is 3.84. The number of aryl methyl sites for hydroxylation is 2. The Morgan fingerprint density at radius 1 is 1.22 bits per heavy atom. The summed E-state index contributed by atoms with van der Waals surface area (Å²) in [5.41, 5.74) is 9.13. The van der Waals surface area contributed by atoms with Gasteiger partial charge in [0.2, 0.25) is 5.91 Å². The van der Waals surface area contributed by atoms with Crippen molar-refractivity contribution in [1.29, 1.82) is 0 Å². The molecule has 0 aliphatic heterocycles. The number of amides is 1. The van der Waals surface area contributed by atoms with Crippen molar-refractivity contribution in [2.75, 3.05) is 11.9 Å². The minimum Gasteiger partial charge on any atom is -0.370 e. The van der Waals surface area contributed by atoms with Crippen LogP contribution in [0.1, 0.15) is 43.2 Å². The van der Waals surface area contributed by atoms with Crippen molar-refractivity contribution >= 4 is 41.5 Å². The van der Waals surface area contributed by atoms with E-state index < -0.39 is 0 Å². The van der Waals surface area contributed by atoms with E-state index in [0.717, 1.165) is 18.5 Å². The highest BCUT2D eigenvalue weighted by molar-refractivity contribution is 14.0. The van der Waals surface area contributed by atoms with Crippen molar-refractivity contribution in [2.45, 2.75) is 52.0 Å². The van der Waals surface area contributed by atoms with E-state index in [2.05, 4.69) is 21.7 Å². The van der Waals surface area contributed by atoms with Crippen LogP contribution in [0, 0.1) is 13.8 Å². The van der Waals surface area contributed by atoms with Crippen LogP contribution in [0.15, 0.2) is 23.2 Å². The lowest BCUT2D eigenvalue weighted by atomic mass is 10.1. The zero-order chi connectivity index (χ0) is 15.9. The van der Waals surface area contributed by atoms with Crippen molar-refractivity contribution in [1.82, 2.24) is 5.32 Å². The van der Waals surface area contributed by atoms with Crippen LogP contribution in [-0.2, 0) is 4.79 Å². The molecule has 2 rings (SSSR count). The number of anilines is 1. The number of carbonyl (C=O) groups is 1. The first-order valence-electron chi connectivity index (χ1n) is 7.97. The molecule has 1 aliphatic rings. The smallest absolute Gasteiger partial charge is 0.222 e. The summed E-state index contributed by atoms with van der Waals surface area (Å²) in [6.45, 7) is 4.49. The van der Waals surface area contributed by atoms with Crippen LogP contribution in [0.25, 0.3) is 0 Å². The minimum absolute atomic E-state index is 0.